The average molecular weight is 111 g/mol. The van der Waals surface area contributed by atoms with Gasteiger partial charge < -0.3 is 0 Å². The molecule has 34 valence electrons. The highest BCUT2D eigenvalue weighted by atomic mass is 35.5. The summed E-state index contributed by atoms with van der Waals surface area (Å²) in [6.45, 7) is 6.92. The van der Waals surface area contributed by atoms with Gasteiger partial charge in [0.05, 0.1) is 0 Å². The van der Waals surface area contributed by atoms with Crippen molar-refractivity contribution in [1.82, 2.24) is 0 Å². The van der Waals surface area contributed by atoms with Crippen LogP contribution in [0, 0.1) is 0 Å². The second-order valence-corrected chi connectivity index (χ2v) is 5.20. The van der Waals surface area contributed by atoms with Gasteiger partial charge >= 0.3 is 0 Å². The van der Waals surface area contributed by atoms with Crippen molar-refractivity contribution in [2.75, 3.05) is 0 Å². The van der Waals surface area contributed by atoms with Crippen LogP contribution in [0.2, 0.25) is 19.6 Å². The Morgan fingerprint density at radius 3 is 1.00 bits per heavy atom. The van der Waals surface area contributed by atoms with Gasteiger partial charge in [-0.15, -0.1) is 12.4 Å². The molecule has 0 fully saturated rings. The summed E-state index contributed by atoms with van der Waals surface area (Å²) in [5, 5.41) is 0. The maximum Gasteiger partial charge on any atom is 0.0274 e. The van der Waals surface area contributed by atoms with Crippen molar-refractivity contribution in [3.05, 3.63) is 0 Å². The molecule has 0 aliphatic rings. The highest BCUT2D eigenvalue weighted by molar-refractivity contribution is 6.54. The Morgan fingerprint density at radius 2 is 1.00 bits per heavy atom. The van der Waals surface area contributed by atoms with Gasteiger partial charge in [0, 0.05) is 8.80 Å². The van der Waals surface area contributed by atoms with Crippen molar-refractivity contribution in [2.45, 2.75) is 19.6 Å². The third-order valence-electron chi connectivity index (χ3n) is 0. The number of hydrogen-bond acceptors (Lipinski definition) is 0. The van der Waals surface area contributed by atoms with Crippen LogP contribution in [0.25, 0.3) is 0 Å². The van der Waals surface area contributed by atoms with E-state index in [9.17, 15) is 0 Å². The van der Waals surface area contributed by atoms with Crippen molar-refractivity contribution in [3.8, 4) is 0 Å². The van der Waals surface area contributed by atoms with E-state index in [4.69, 9.17) is 0 Å². The fourth-order valence-corrected chi connectivity index (χ4v) is 0. The zero-order valence-corrected chi connectivity index (χ0v) is 5.96. The quantitative estimate of drug-likeness (QED) is 0.415. The molecule has 0 radical (unpaired) electrons. The molecular formula is C3H11ClSi. The van der Waals surface area contributed by atoms with E-state index in [0.29, 0.717) is 0 Å². The van der Waals surface area contributed by atoms with Crippen LogP contribution in [0.1, 0.15) is 0 Å². The predicted molar refractivity (Wildman–Crippen MR) is 32.0 cm³/mol. The zero-order valence-electron chi connectivity index (χ0n) is 3.99. The predicted octanol–water partition coefficient (Wildman–Crippen LogP) is 1.52. The van der Waals surface area contributed by atoms with Crippen molar-refractivity contribution in [3.63, 3.8) is 0 Å². The first-order valence-corrected chi connectivity index (χ1v) is 5.20. The number of halogens is 1. The lowest BCUT2D eigenvalue weighted by molar-refractivity contribution is 1.91. The molecule has 5 heavy (non-hydrogen) atoms. The lowest BCUT2D eigenvalue weighted by Crippen LogP contribution is -1.84. The largest absolute Gasteiger partial charge is 0.147 e. The van der Waals surface area contributed by atoms with E-state index in [2.05, 4.69) is 19.6 Å². The van der Waals surface area contributed by atoms with Crippen LogP contribution in [0.4, 0.5) is 0 Å². The van der Waals surface area contributed by atoms with Crippen LogP contribution in [0.3, 0.4) is 0 Å². The fourth-order valence-electron chi connectivity index (χ4n) is 0. The van der Waals surface area contributed by atoms with E-state index < -0.39 is 0 Å². The molecule has 0 bridgehead atoms. The van der Waals surface area contributed by atoms with Crippen molar-refractivity contribution < 1.29 is 0 Å². The van der Waals surface area contributed by atoms with Gasteiger partial charge in [-0.1, -0.05) is 19.6 Å². The minimum Gasteiger partial charge on any atom is -0.147 e. The van der Waals surface area contributed by atoms with Crippen LogP contribution < -0.4 is 0 Å². The Labute approximate surface area is 41.6 Å². The lowest BCUT2D eigenvalue weighted by atomic mass is 11.8. The van der Waals surface area contributed by atoms with Gasteiger partial charge in [-0.05, 0) is 0 Å². The third kappa shape index (κ3) is 110. The van der Waals surface area contributed by atoms with Crippen molar-refractivity contribution in [1.29, 1.82) is 0 Å². The van der Waals surface area contributed by atoms with Crippen LogP contribution in [-0.2, 0) is 0 Å². The summed E-state index contributed by atoms with van der Waals surface area (Å²) in [6, 6.07) is 0. The second kappa shape index (κ2) is 4.51. The van der Waals surface area contributed by atoms with E-state index in [0.717, 1.165) is 0 Å². The smallest absolute Gasteiger partial charge is 0.0274 e. The molecule has 0 rings (SSSR count). The van der Waals surface area contributed by atoms with Gasteiger partial charge in [-0.25, -0.2) is 0 Å². The van der Waals surface area contributed by atoms with Crippen LogP contribution in [-0.4, -0.2) is 8.80 Å². The van der Waals surface area contributed by atoms with Crippen LogP contribution in [0.15, 0.2) is 0 Å². The molecule has 2 heteroatoms. The van der Waals surface area contributed by atoms with Gasteiger partial charge in [0.1, 0.15) is 0 Å². The molecule has 0 amide bonds. The Bertz CT molecular complexity index is 11.6. The highest BCUT2D eigenvalue weighted by Gasteiger charge is 1.71. The van der Waals surface area contributed by atoms with E-state index in [1.54, 1.807) is 0 Å². The Kier molecular flexibility index (Phi) is 8.20. The summed E-state index contributed by atoms with van der Waals surface area (Å²) < 4.78 is 0. The van der Waals surface area contributed by atoms with Gasteiger partial charge in [0.15, 0.2) is 0 Å². The summed E-state index contributed by atoms with van der Waals surface area (Å²) in [6.07, 6.45) is 0. The standard InChI is InChI=1S/C3H10Si.ClH/c1-4(2)3;/h4H,1-3H3;1H. The molecule has 0 atom stereocenters. The van der Waals surface area contributed by atoms with E-state index in [-0.39, 0.29) is 21.2 Å². The lowest BCUT2D eigenvalue weighted by Gasteiger charge is -1.75. The summed E-state index contributed by atoms with van der Waals surface area (Å²) >= 11 is 0. The molecule has 0 aliphatic heterocycles. The molecular weight excluding hydrogens is 99.6 g/mol. The second-order valence-electron chi connectivity index (χ2n) is 1.73. The van der Waals surface area contributed by atoms with Crippen molar-refractivity contribution >= 4 is 21.2 Å². The summed E-state index contributed by atoms with van der Waals surface area (Å²) in [4.78, 5) is 0. The molecule has 0 aromatic heterocycles. The van der Waals surface area contributed by atoms with Gasteiger partial charge in [0.2, 0.25) is 0 Å². The maximum absolute atomic E-state index is 2.31. The number of rotatable bonds is 0. The third-order valence-corrected chi connectivity index (χ3v) is 0. The minimum absolute atomic E-state index is 0. The fraction of sp³-hybridized carbons (Fsp3) is 1.00. The van der Waals surface area contributed by atoms with E-state index in [1.165, 1.54) is 0 Å². The monoisotopic (exact) mass is 110 g/mol. The molecule has 0 aliphatic carbocycles. The SMILES string of the molecule is C[SiH](C)C.Cl. The molecule has 0 unspecified atom stereocenters. The van der Waals surface area contributed by atoms with Gasteiger partial charge in [-0.2, -0.15) is 0 Å². The number of hydrogen-bond donors (Lipinski definition) is 0. The first-order valence-electron chi connectivity index (χ1n) is 1.73. The normalized spacial score (nSPS) is 7.20. The first kappa shape index (κ1) is 9.10. The van der Waals surface area contributed by atoms with Gasteiger partial charge in [-0.3, -0.25) is 0 Å². The summed E-state index contributed by atoms with van der Waals surface area (Å²) in [5.74, 6) is 0. The molecule has 0 spiro atoms. The molecule has 0 saturated carbocycles. The van der Waals surface area contributed by atoms with Crippen molar-refractivity contribution in [2.24, 2.45) is 0 Å². The Morgan fingerprint density at radius 1 is 1.00 bits per heavy atom. The summed E-state index contributed by atoms with van der Waals surface area (Å²) in [7, 11) is -0.139. The molecule has 0 saturated heterocycles. The van der Waals surface area contributed by atoms with E-state index in [1.807, 2.05) is 0 Å². The molecule has 0 nitrogen and oxygen atoms in total. The average Bonchev–Trinajstić information content (AvgIpc) is 0.811. The van der Waals surface area contributed by atoms with Gasteiger partial charge in [0.25, 0.3) is 0 Å². The highest BCUT2D eigenvalue weighted by Crippen LogP contribution is 1.68. The summed E-state index contributed by atoms with van der Waals surface area (Å²) in [5.41, 5.74) is 0. The Hall–Kier alpha value is 0.507. The van der Waals surface area contributed by atoms with E-state index >= 15 is 0 Å². The molecule has 0 N–H and O–H groups in total. The van der Waals surface area contributed by atoms with Crippen LogP contribution >= 0.6 is 12.4 Å². The molecule has 0 heterocycles. The maximum atomic E-state index is 2.31. The van der Waals surface area contributed by atoms with Crippen LogP contribution in [0.5, 0.6) is 0 Å². The zero-order chi connectivity index (χ0) is 3.58. The molecule has 0 aromatic rings. The molecule has 0 aromatic carbocycles. The minimum atomic E-state index is -0.139. The Balaban J connectivity index is 0. The first-order chi connectivity index (χ1) is 1.73. The topological polar surface area (TPSA) is 0 Å².